The van der Waals surface area contributed by atoms with E-state index in [4.69, 9.17) is 19.2 Å². The molecule has 1 N–H and O–H groups in total. The highest BCUT2D eigenvalue weighted by molar-refractivity contribution is 5.79. The lowest BCUT2D eigenvalue weighted by atomic mass is 10.2. The maximum Gasteiger partial charge on any atom is 0.193 e. The van der Waals surface area contributed by atoms with Gasteiger partial charge >= 0.3 is 0 Å². The second-order valence-electron chi connectivity index (χ2n) is 6.64. The second-order valence-corrected chi connectivity index (χ2v) is 6.64. The van der Waals surface area contributed by atoms with Crippen LogP contribution in [0.25, 0.3) is 0 Å². The number of nitrogens with zero attached hydrogens (tertiary/aromatic N) is 2. The Kier molecular flexibility index (Phi) is 8.54. The first-order valence-corrected chi connectivity index (χ1v) is 9.46. The molecule has 0 unspecified atom stereocenters. The van der Waals surface area contributed by atoms with Crippen molar-refractivity contribution in [1.82, 2.24) is 10.2 Å². The van der Waals surface area contributed by atoms with Crippen molar-refractivity contribution in [3.05, 3.63) is 23.8 Å². The van der Waals surface area contributed by atoms with Crippen LogP contribution in [0.2, 0.25) is 0 Å². The van der Waals surface area contributed by atoms with E-state index in [0.717, 1.165) is 61.7 Å². The first-order valence-electron chi connectivity index (χ1n) is 9.46. The van der Waals surface area contributed by atoms with Crippen molar-refractivity contribution in [2.75, 3.05) is 47.6 Å². The molecule has 0 saturated heterocycles. The number of ether oxygens (including phenoxy) is 3. The summed E-state index contributed by atoms with van der Waals surface area (Å²) in [5, 5.41) is 3.35. The number of hydrogen-bond donors (Lipinski definition) is 1. The van der Waals surface area contributed by atoms with Gasteiger partial charge in [0.2, 0.25) is 0 Å². The molecule has 1 aliphatic rings. The summed E-state index contributed by atoms with van der Waals surface area (Å²) in [5.74, 6) is 3.33. The Morgan fingerprint density at radius 2 is 2.08 bits per heavy atom. The van der Waals surface area contributed by atoms with Crippen LogP contribution >= 0.6 is 0 Å². The van der Waals surface area contributed by atoms with Gasteiger partial charge in [0.05, 0.1) is 14.2 Å². The summed E-state index contributed by atoms with van der Waals surface area (Å²) in [5.41, 5.74) is 1.09. The summed E-state index contributed by atoms with van der Waals surface area (Å²) in [6.07, 6.45) is 3.62. The standard InChI is InChI=1S/C20H33N3O3/c1-5-21-20(22-11-6-12-26-15-16-7-8-16)23(2)14-17-9-10-18(24-3)13-19(17)25-4/h9-10,13,16H,5-8,11-12,14-15H2,1-4H3,(H,21,22). The quantitative estimate of drug-likeness (QED) is 0.372. The number of nitrogens with one attached hydrogen (secondary N) is 1. The molecule has 1 aromatic carbocycles. The molecule has 6 nitrogen and oxygen atoms in total. The fourth-order valence-electron chi connectivity index (χ4n) is 2.67. The third-order valence-electron chi connectivity index (χ3n) is 4.36. The van der Waals surface area contributed by atoms with E-state index in [1.165, 1.54) is 12.8 Å². The molecule has 0 heterocycles. The predicted octanol–water partition coefficient (Wildman–Crippen LogP) is 2.92. The Morgan fingerprint density at radius 3 is 2.73 bits per heavy atom. The smallest absolute Gasteiger partial charge is 0.193 e. The maximum atomic E-state index is 5.68. The summed E-state index contributed by atoms with van der Waals surface area (Å²) < 4.78 is 16.4. The Hall–Kier alpha value is -1.95. The average Bonchev–Trinajstić information content (AvgIpc) is 3.48. The molecule has 1 fully saturated rings. The van der Waals surface area contributed by atoms with Crippen LogP contribution in [0.15, 0.2) is 23.2 Å². The van der Waals surface area contributed by atoms with Gasteiger partial charge in [-0.25, -0.2) is 0 Å². The zero-order valence-corrected chi connectivity index (χ0v) is 16.6. The van der Waals surface area contributed by atoms with Crippen LogP contribution in [0.3, 0.4) is 0 Å². The fraction of sp³-hybridized carbons (Fsp3) is 0.650. The molecular formula is C20H33N3O3. The van der Waals surface area contributed by atoms with Gasteiger partial charge in [0.1, 0.15) is 11.5 Å². The first-order chi connectivity index (χ1) is 12.7. The molecule has 146 valence electrons. The van der Waals surface area contributed by atoms with Crippen LogP contribution in [0.5, 0.6) is 11.5 Å². The second kappa shape index (κ2) is 10.9. The minimum Gasteiger partial charge on any atom is -0.497 e. The van der Waals surface area contributed by atoms with Gasteiger partial charge < -0.3 is 24.4 Å². The van der Waals surface area contributed by atoms with E-state index in [9.17, 15) is 0 Å². The monoisotopic (exact) mass is 363 g/mol. The molecule has 0 aromatic heterocycles. The van der Waals surface area contributed by atoms with Gasteiger partial charge in [-0.05, 0) is 44.2 Å². The van der Waals surface area contributed by atoms with Crippen molar-refractivity contribution in [3.8, 4) is 11.5 Å². The van der Waals surface area contributed by atoms with Gasteiger partial charge in [-0.15, -0.1) is 0 Å². The lowest BCUT2D eigenvalue weighted by Gasteiger charge is -2.23. The molecule has 0 amide bonds. The van der Waals surface area contributed by atoms with E-state index >= 15 is 0 Å². The van der Waals surface area contributed by atoms with Gasteiger partial charge in [-0.1, -0.05) is 0 Å². The summed E-state index contributed by atoms with van der Waals surface area (Å²) in [7, 11) is 5.37. The third kappa shape index (κ3) is 6.75. The zero-order valence-electron chi connectivity index (χ0n) is 16.6. The predicted molar refractivity (Wildman–Crippen MR) is 105 cm³/mol. The van der Waals surface area contributed by atoms with E-state index in [-0.39, 0.29) is 0 Å². The van der Waals surface area contributed by atoms with Crippen molar-refractivity contribution < 1.29 is 14.2 Å². The average molecular weight is 364 g/mol. The molecule has 1 aliphatic carbocycles. The van der Waals surface area contributed by atoms with Gasteiger partial charge in [0.15, 0.2) is 5.96 Å². The molecule has 1 aromatic rings. The Morgan fingerprint density at radius 1 is 1.27 bits per heavy atom. The van der Waals surface area contributed by atoms with Crippen molar-refractivity contribution in [2.45, 2.75) is 32.7 Å². The van der Waals surface area contributed by atoms with Crippen LogP contribution in [0, 0.1) is 5.92 Å². The van der Waals surface area contributed by atoms with E-state index < -0.39 is 0 Å². The van der Waals surface area contributed by atoms with Crippen LogP contribution in [-0.4, -0.2) is 58.4 Å². The topological polar surface area (TPSA) is 55.3 Å². The fourth-order valence-corrected chi connectivity index (χ4v) is 2.67. The van der Waals surface area contributed by atoms with Crippen LogP contribution in [0.4, 0.5) is 0 Å². The van der Waals surface area contributed by atoms with Crippen molar-refractivity contribution in [3.63, 3.8) is 0 Å². The number of aliphatic imine (C=N–C) groups is 1. The van der Waals surface area contributed by atoms with Crippen molar-refractivity contribution >= 4 is 5.96 Å². The SMILES string of the molecule is CCNC(=NCCCOCC1CC1)N(C)Cc1ccc(OC)cc1OC. The van der Waals surface area contributed by atoms with Crippen LogP contribution in [0.1, 0.15) is 31.7 Å². The van der Waals surface area contributed by atoms with E-state index in [1.54, 1.807) is 14.2 Å². The van der Waals surface area contributed by atoms with Gasteiger partial charge in [-0.3, -0.25) is 4.99 Å². The first kappa shape index (κ1) is 20.4. The summed E-state index contributed by atoms with van der Waals surface area (Å²) in [4.78, 5) is 6.83. The van der Waals surface area contributed by atoms with Gasteiger partial charge in [0.25, 0.3) is 0 Å². The zero-order chi connectivity index (χ0) is 18.8. The molecule has 0 spiro atoms. The van der Waals surface area contributed by atoms with Gasteiger partial charge in [-0.2, -0.15) is 0 Å². The molecule has 0 aliphatic heterocycles. The van der Waals surface area contributed by atoms with Crippen LogP contribution < -0.4 is 14.8 Å². The van der Waals surface area contributed by atoms with Crippen LogP contribution in [-0.2, 0) is 11.3 Å². The molecule has 1 saturated carbocycles. The molecule has 6 heteroatoms. The van der Waals surface area contributed by atoms with Gasteiger partial charge in [0, 0.05) is 51.5 Å². The Labute approximate surface area is 157 Å². The lowest BCUT2D eigenvalue weighted by molar-refractivity contribution is 0.123. The normalized spacial score (nSPS) is 14.2. The molecule has 0 atom stereocenters. The minimum absolute atomic E-state index is 0.706. The molecule has 0 radical (unpaired) electrons. The Bertz CT molecular complexity index is 573. The highest BCUT2D eigenvalue weighted by Gasteiger charge is 2.20. The maximum absolute atomic E-state index is 5.68. The largest absolute Gasteiger partial charge is 0.497 e. The summed E-state index contributed by atoms with van der Waals surface area (Å²) in [6.45, 7) is 6.09. The summed E-state index contributed by atoms with van der Waals surface area (Å²) in [6, 6.07) is 5.89. The number of methoxy groups -OCH3 is 2. The minimum atomic E-state index is 0.706. The van der Waals surface area contributed by atoms with E-state index in [0.29, 0.717) is 6.54 Å². The van der Waals surface area contributed by atoms with Crippen molar-refractivity contribution in [2.24, 2.45) is 10.9 Å². The van der Waals surface area contributed by atoms with E-state index in [1.807, 2.05) is 25.2 Å². The molecule has 2 rings (SSSR count). The van der Waals surface area contributed by atoms with E-state index in [2.05, 4.69) is 17.1 Å². The number of benzene rings is 1. The Balaban J connectivity index is 1.87. The number of guanidine groups is 1. The summed E-state index contributed by atoms with van der Waals surface area (Å²) >= 11 is 0. The molecule has 0 bridgehead atoms. The number of rotatable bonds is 11. The lowest BCUT2D eigenvalue weighted by Crippen LogP contribution is -2.38. The highest BCUT2D eigenvalue weighted by Crippen LogP contribution is 2.28. The molecule has 26 heavy (non-hydrogen) atoms. The highest BCUT2D eigenvalue weighted by atomic mass is 16.5. The number of hydrogen-bond acceptors (Lipinski definition) is 4. The van der Waals surface area contributed by atoms with Crippen molar-refractivity contribution in [1.29, 1.82) is 0 Å². The third-order valence-corrected chi connectivity index (χ3v) is 4.36. The molecular weight excluding hydrogens is 330 g/mol.